The number of alkyl halides is 2. The number of pyridine rings is 1. The van der Waals surface area contributed by atoms with E-state index in [-0.39, 0.29) is 18.8 Å². The van der Waals surface area contributed by atoms with E-state index >= 15 is 0 Å². The van der Waals surface area contributed by atoms with Gasteiger partial charge in [0.05, 0.1) is 5.69 Å². The maximum Gasteiger partial charge on any atom is 0.248 e. The molecule has 0 unspecified atom stereocenters. The molecule has 1 aromatic carbocycles. The van der Waals surface area contributed by atoms with Gasteiger partial charge < -0.3 is 4.42 Å². The molecule has 1 fully saturated rings. The van der Waals surface area contributed by atoms with Crippen LogP contribution < -0.4 is 0 Å². The number of rotatable bonds is 3. The van der Waals surface area contributed by atoms with E-state index < -0.39 is 5.92 Å². The van der Waals surface area contributed by atoms with Crippen molar-refractivity contribution >= 4 is 32.7 Å². The van der Waals surface area contributed by atoms with Crippen molar-refractivity contribution in [2.45, 2.75) is 32.1 Å². The zero-order valence-corrected chi connectivity index (χ0v) is 14.9. The van der Waals surface area contributed by atoms with Gasteiger partial charge in [0.15, 0.2) is 11.5 Å². The molecule has 3 nitrogen and oxygen atoms in total. The lowest BCUT2D eigenvalue weighted by Crippen LogP contribution is -2.36. The van der Waals surface area contributed by atoms with Crippen LogP contribution in [0.25, 0.3) is 32.6 Å². The Labute approximate surface area is 152 Å². The lowest BCUT2D eigenvalue weighted by molar-refractivity contribution is -0.109. The highest BCUT2D eigenvalue weighted by molar-refractivity contribution is 7.18. The lowest BCUT2D eigenvalue weighted by Gasteiger charge is -2.34. The SMILES string of the molecule is Cc1nc2ccc(-c3ccc4cc(CC5CC(F)(F)C5)sc4n3)cc2o1. The Morgan fingerprint density at radius 1 is 1.15 bits per heavy atom. The van der Waals surface area contributed by atoms with E-state index in [4.69, 9.17) is 9.40 Å². The van der Waals surface area contributed by atoms with Crippen LogP contribution in [0.5, 0.6) is 0 Å². The molecule has 1 saturated carbocycles. The van der Waals surface area contributed by atoms with Gasteiger partial charge in [0.2, 0.25) is 5.92 Å². The molecule has 6 heteroatoms. The van der Waals surface area contributed by atoms with Crippen molar-refractivity contribution in [3.8, 4) is 11.3 Å². The minimum absolute atomic E-state index is 0.0105. The van der Waals surface area contributed by atoms with Crippen LogP contribution in [0.3, 0.4) is 0 Å². The monoisotopic (exact) mass is 370 g/mol. The fourth-order valence-electron chi connectivity index (χ4n) is 3.64. The molecule has 132 valence electrons. The van der Waals surface area contributed by atoms with E-state index in [1.54, 1.807) is 11.3 Å². The largest absolute Gasteiger partial charge is 0.441 e. The molecule has 0 radical (unpaired) electrons. The molecular formula is C20H16F2N2OS. The van der Waals surface area contributed by atoms with E-state index in [2.05, 4.69) is 11.1 Å². The van der Waals surface area contributed by atoms with E-state index in [0.717, 1.165) is 43.9 Å². The minimum atomic E-state index is -2.45. The summed E-state index contributed by atoms with van der Waals surface area (Å²) in [6.07, 6.45) is 0.738. The highest BCUT2D eigenvalue weighted by Crippen LogP contribution is 2.44. The number of benzene rings is 1. The maximum atomic E-state index is 13.0. The van der Waals surface area contributed by atoms with E-state index in [0.29, 0.717) is 5.89 Å². The van der Waals surface area contributed by atoms with Crippen molar-refractivity contribution in [2.75, 3.05) is 0 Å². The first-order chi connectivity index (χ1) is 12.4. The Morgan fingerprint density at radius 3 is 2.81 bits per heavy atom. The van der Waals surface area contributed by atoms with Crippen LogP contribution in [-0.2, 0) is 6.42 Å². The van der Waals surface area contributed by atoms with Gasteiger partial charge in [-0.2, -0.15) is 0 Å². The van der Waals surface area contributed by atoms with Crippen LogP contribution in [0, 0.1) is 12.8 Å². The molecule has 0 bridgehead atoms. The second-order valence-corrected chi connectivity index (χ2v) is 8.17. The summed E-state index contributed by atoms with van der Waals surface area (Å²) in [7, 11) is 0. The summed E-state index contributed by atoms with van der Waals surface area (Å²) in [5.41, 5.74) is 3.43. The van der Waals surface area contributed by atoms with E-state index in [1.165, 1.54) is 0 Å². The molecule has 26 heavy (non-hydrogen) atoms. The predicted octanol–water partition coefficient (Wildman–Crippen LogP) is 6.00. The second-order valence-electron chi connectivity index (χ2n) is 7.05. The van der Waals surface area contributed by atoms with E-state index in [1.807, 2.05) is 37.3 Å². The number of fused-ring (bicyclic) bond motifs is 2. The second kappa shape index (κ2) is 5.58. The summed E-state index contributed by atoms with van der Waals surface area (Å²) >= 11 is 1.60. The summed E-state index contributed by atoms with van der Waals surface area (Å²) in [5.74, 6) is -1.72. The third-order valence-corrected chi connectivity index (χ3v) is 5.96. The molecule has 0 N–H and O–H groups in total. The molecule has 0 saturated heterocycles. The van der Waals surface area contributed by atoms with Crippen molar-refractivity contribution in [1.29, 1.82) is 0 Å². The fraction of sp³-hybridized carbons (Fsp3) is 0.300. The molecule has 0 spiro atoms. The molecule has 0 amide bonds. The summed E-state index contributed by atoms with van der Waals surface area (Å²) in [6, 6.07) is 12.0. The molecule has 3 aromatic heterocycles. The summed E-state index contributed by atoms with van der Waals surface area (Å²) in [4.78, 5) is 11.2. The average molecular weight is 370 g/mol. The zero-order valence-electron chi connectivity index (χ0n) is 14.1. The summed E-state index contributed by atoms with van der Waals surface area (Å²) in [6.45, 7) is 1.83. The smallest absolute Gasteiger partial charge is 0.248 e. The van der Waals surface area contributed by atoms with Gasteiger partial charge in [-0.25, -0.2) is 18.7 Å². The predicted molar refractivity (Wildman–Crippen MR) is 98.7 cm³/mol. The Kier molecular flexibility index (Phi) is 3.41. The van der Waals surface area contributed by atoms with Gasteiger partial charge in [-0.1, -0.05) is 6.07 Å². The first-order valence-corrected chi connectivity index (χ1v) is 9.42. The Balaban J connectivity index is 1.45. The normalized spacial score (nSPS) is 17.0. The maximum absolute atomic E-state index is 13.0. The van der Waals surface area contributed by atoms with Crippen molar-refractivity contribution < 1.29 is 13.2 Å². The molecule has 0 aliphatic heterocycles. The van der Waals surface area contributed by atoms with Gasteiger partial charge in [0.25, 0.3) is 0 Å². The number of hydrogen-bond acceptors (Lipinski definition) is 4. The highest BCUT2D eigenvalue weighted by Gasteiger charge is 2.45. The third kappa shape index (κ3) is 2.78. The van der Waals surface area contributed by atoms with Crippen LogP contribution in [0.1, 0.15) is 23.6 Å². The molecule has 3 heterocycles. The molecule has 0 atom stereocenters. The van der Waals surface area contributed by atoms with Crippen LogP contribution in [-0.4, -0.2) is 15.9 Å². The van der Waals surface area contributed by atoms with Crippen LogP contribution in [0.15, 0.2) is 40.8 Å². The summed E-state index contributed by atoms with van der Waals surface area (Å²) < 4.78 is 31.7. The number of thiophene rings is 1. The van der Waals surface area contributed by atoms with Crippen molar-refractivity contribution in [1.82, 2.24) is 9.97 Å². The molecule has 1 aliphatic carbocycles. The molecule has 4 aromatic rings. The minimum Gasteiger partial charge on any atom is -0.441 e. The standard InChI is InChI=1S/C20H16F2N2OS/c1-11-23-17-5-2-13(8-18(17)25-11)16-4-3-14-7-15(26-19(14)24-16)6-12-9-20(21,22)10-12/h2-5,7-8,12H,6,9-10H2,1H3. The van der Waals surface area contributed by atoms with Crippen LogP contribution in [0.4, 0.5) is 8.78 Å². The third-order valence-electron chi connectivity index (χ3n) is 4.89. The average Bonchev–Trinajstić information content (AvgIpc) is 3.12. The van der Waals surface area contributed by atoms with Crippen molar-refractivity contribution in [3.63, 3.8) is 0 Å². The zero-order chi connectivity index (χ0) is 17.9. The van der Waals surface area contributed by atoms with Gasteiger partial charge in [-0.15, -0.1) is 11.3 Å². The topological polar surface area (TPSA) is 38.9 Å². The highest BCUT2D eigenvalue weighted by atomic mass is 32.1. The van der Waals surface area contributed by atoms with Gasteiger partial charge >= 0.3 is 0 Å². The number of hydrogen-bond donors (Lipinski definition) is 0. The van der Waals surface area contributed by atoms with Gasteiger partial charge in [0.1, 0.15) is 10.3 Å². The van der Waals surface area contributed by atoms with Gasteiger partial charge in [0, 0.05) is 35.6 Å². The number of oxazole rings is 1. The number of nitrogens with zero attached hydrogens (tertiary/aromatic N) is 2. The first kappa shape index (κ1) is 15.9. The van der Waals surface area contributed by atoms with Gasteiger partial charge in [-0.3, -0.25) is 0 Å². The van der Waals surface area contributed by atoms with Crippen molar-refractivity contribution in [3.05, 3.63) is 47.2 Å². The Bertz CT molecular complexity index is 1120. The Hall–Kier alpha value is -2.34. The summed E-state index contributed by atoms with van der Waals surface area (Å²) in [5, 5.41) is 1.07. The van der Waals surface area contributed by atoms with Crippen LogP contribution in [0.2, 0.25) is 0 Å². The lowest BCUT2D eigenvalue weighted by atomic mass is 9.79. The van der Waals surface area contributed by atoms with Gasteiger partial charge in [-0.05, 0) is 42.7 Å². The number of aromatic nitrogens is 2. The first-order valence-electron chi connectivity index (χ1n) is 8.60. The quantitative estimate of drug-likeness (QED) is 0.444. The Morgan fingerprint density at radius 2 is 2.00 bits per heavy atom. The molecule has 1 aliphatic rings. The van der Waals surface area contributed by atoms with E-state index in [9.17, 15) is 8.78 Å². The molecular weight excluding hydrogens is 354 g/mol. The van der Waals surface area contributed by atoms with Crippen molar-refractivity contribution in [2.24, 2.45) is 5.92 Å². The number of halogens is 2. The number of aryl methyl sites for hydroxylation is 1. The molecule has 5 rings (SSSR count). The van der Waals surface area contributed by atoms with Crippen LogP contribution >= 0.6 is 11.3 Å². The fourth-order valence-corrected chi connectivity index (χ4v) is 4.79.